The molecule has 0 saturated carbocycles. The van der Waals surface area contributed by atoms with Gasteiger partial charge in [0.25, 0.3) is 0 Å². The maximum Gasteiger partial charge on any atom is 0.167 e. The monoisotopic (exact) mass is 260 g/mol. The van der Waals surface area contributed by atoms with E-state index in [0.717, 1.165) is 54.5 Å². The molecule has 0 aliphatic carbocycles. The largest absolute Gasteiger partial charge is 0.330 e. The van der Waals surface area contributed by atoms with E-state index in [1.165, 1.54) is 0 Å². The second-order valence-corrected chi connectivity index (χ2v) is 5.36. The molecule has 3 rings (SSSR count). The molecule has 19 heavy (non-hydrogen) atoms. The molecular formula is C13H20N6. The van der Waals surface area contributed by atoms with Crippen molar-refractivity contribution in [2.45, 2.75) is 33.2 Å². The summed E-state index contributed by atoms with van der Waals surface area (Å²) in [5.74, 6) is 2.55. The summed E-state index contributed by atoms with van der Waals surface area (Å²) in [6, 6.07) is 0. The van der Waals surface area contributed by atoms with Crippen molar-refractivity contribution in [1.29, 1.82) is 0 Å². The van der Waals surface area contributed by atoms with Crippen LogP contribution < -0.4 is 5.73 Å². The molecule has 2 N–H and O–H groups in total. The number of aromatic nitrogens is 5. The van der Waals surface area contributed by atoms with Crippen LogP contribution in [0.5, 0.6) is 0 Å². The third kappa shape index (κ3) is 1.87. The second-order valence-electron chi connectivity index (χ2n) is 5.36. The van der Waals surface area contributed by atoms with E-state index in [0.29, 0.717) is 5.92 Å². The highest BCUT2D eigenvalue weighted by Gasteiger charge is 2.25. The summed E-state index contributed by atoms with van der Waals surface area (Å²) >= 11 is 0. The molecule has 0 fully saturated rings. The molecule has 1 unspecified atom stereocenters. The van der Waals surface area contributed by atoms with Gasteiger partial charge in [0.2, 0.25) is 0 Å². The first kappa shape index (κ1) is 12.3. The Labute approximate surface area is 112 Å². The highest BCUT2D eigenvalue weighted by molar-refractivity contribution is 5.61. The SMILES string of the molecule is Cc1nn(C)c(C)c1-c1nnc2n1CCC(CN)C2. The van der Waals surface area contributed by atoms with Crippen LogP contribution in [0.2, 0.25) is 0 Å². The van der Waals surface area contributed by atoms with Gasteiger partial charge in [0, 0.05) is 25.7 Å². The topological polar surface area (TPSA) is 74.5 Å². The minimum atomic E-state index is 0.542. The standard InChI is InChI=1S/C13H20N6/c1-8-12(9(2)18(3)17-8)13-16-15-11-6-10(7-14)4-5-19(11)13/h10H,4-7,14H2,1-3H3. The van der Waals surface area contributed by atoms with Crippen LogP contribution in [0.15, 0.2) is 0 Å². The second kappa shape index (κ2) is 4.45. The smallest absolute Gasteiger partial charge is 0.167 e. The molecular weight excluding hydrogens is 240 g/mol. The van der Waals surface area contributed by atoms with E-state index in [4.69, 9.17) is 5.73 Å². The van der Waals surface area contributed by atoms with Crippen molar-refractivity contribution in [3.05, 3.63) is 17.2 Å². The first-order valence-corrected chi connectivity index (χ1v) is 6.74. The third-order valence-corrected chi connectivity index (χ3v) is 4.13. The molecule has 1 aliphatic rings. The fraction of sp³-hybridized carbons (Fsp3) is 0.615. The Morgan fingerprint density at radius 3 is 2.74 bits per heavy atom. The maximum absolute atomic E-state index is 5.76. The van der Waals surface area contributed by atoms with Crippen molar-refractivity contribution in [2.24, 2.45) is 18.7 Å². The van der Waals surface area contributed by atoms with Crippen LogP contribution in [-0.4, -0.2) is 31.1 Å². The minimum absolute atomic E-state index is 0.542. The lowest BCUT2D eigenvalue weighted by Gasteiger charge is -2.22. The minimum Gasteiger partial charge on any atom is -0.330 e. The highest BCUT2D eigenvalue weighted by atomic mass is 15.3. The van der Waals surface area contributed by atoms with E-state index >= 15 is 0 Å². The third-order valence-electron chi connectivity index (χ3n) is 4.13. The van der Waals surface area contributed by atoms with Crippen LogP contribution in [0.3, 0.4) is 0 Å². The van der Waals surface area contributed by atoms with Crippen molar-refractivity contribution in [1.82, 2.24) is 24.5 Å². The summed E-state index contributed by atoms with van der Waals surface area (Å²) in [7, 11) is 1.96. The number of aryl methyl sites for hydroxylation is 2. The number of hydrogen-bond donors (Lipinski definition) is 1. The van der Waals surface area contributed by atoms with Gasteiger partial charge in [0.15, 0.2) is 5.82 Å². The molecule has 0 bridgehead atoms. The van der Waals surface area contributed by atoms with Crippen molar-refractivity contribution in [2.75, 3.05) is 6.54 Å². The summed E-state index contributed by atoms with van der Waals surface area (Å²) in [4.78, 5) is 0. The van der Waals surface area contributed by atoms with E-state index < -0.39 is 0 Å². The maximum atomic E-state index is 5.76. The lowest BCUT2D eigenvalue weighted by molar-refractivity contribution is 0.391. The van der Waals surface area contributed by atoms with E-state index in [-0.39, 0.29) is 0 Å². The van der Waals surface area contributed by atoms with E-state index in [2.05, 4.69) is 26.8 Å². The van der Waals surface area contributed by atoms with Gasteiger partial charge in [-0.2, -0.15) is 5.10 Å². The zero-order valence-corrected chi connectivity index (χ0v) is 11.7. The van der Waals surface area contributed by atoms with Crippen LogP contribution in [0, 0.1) is 19.8 Å². The van der Waals surface area contributed by atoms with E-state index in [9.17, 15) is 0 Å². The molecule has 0 aromatic carbocycles. The first-order valence-electron chi connectivity index (χ1n) is 6.74. The van der Waals surface area contributed by atoms with Gasteiger partial charge in [0.1, 0.15) is 5.82 Å². The van der Waals surface area contributed by atoms with Crippen LogP contribution in [0.4, 0.5) is 0 Å². The normalized spacial score (nSPS) is 18.6. The molecule has 0 radical (unpaired) electrons. The zero-order valence-electron chi connectivity index (χ0n) is 11.7. The van der Waals surface area contributed by atoms with Crippen LogP contribution in [-0.2, 0) is 20.0 Å². The Morgan fingerprint density at radius 2 is 2.11 bits per heavy atom. The summed E-state index contributed by atoms with van der Waals surface area (Å²) in [5, 5.41) is 13.2. The Kier molecular flexibility index (Phi) is 2.89. The van der Waals surface area contributed by atoms with Crippen molar-refractivity contribution in [3.63, 3.8) is 0 Å². The van der Waals surface area contributed by atoms with Crippen LogP contribution >= 0.6 is 0 Å². The molecule has 1 atom stereocenters. The lowest BCUT2D eigenvalue weighted by Crippen LogP contribution is -2.25. The fourth-order valence-electron chi connectivity index (χ4n) is 2.88. The van der Waals surface area contributed by atoms with Crippen molar-refractivity contribution < 1.29 is 0 Å². The van der Waals surface area contributed by atoms with Gasteiger partial charge in [-0.3, -0.25) is 4.68 Å². The van der Waals surface area contributed by atoms with Crippen LogP contribution in [0.1, 0.15) is 23.6 Å². The van der Waals surface area contributed by atoms with E-state index in [1.807, 2.05) is 18.7 Å². The Bertz CT molecular complexity index is 609. The van der Waals surface area contributed by atoms with Crippen molar-refractivity contribution >= 4 is 0 Å². The van der Waals surface area contributed by atoms with Crippen LogP contribution in [0.25, 0.3) is 11.4 Å². The Balaban J connectivity index is 2.06. The molecule has 0 amide bonds. The molecule has 2 aromatic heterocycles. The summed E-state index contributed by atoms with van der Waals surface area (Å²) in [6.45, 7) is 5.78. The van der Waals surface area contributed by atoms with Gasteiger partial charge in [0.05, 0.1) is 11.3 Å². The molecule has 102 valence electrons. The van der Waals surface area contributed by atoms with Gasteiger partial charge in [-0.1, -0.05) is 0 Å². The number of hydrogen-bond acceptors (Lipinski definition) is 4. The first-order chi connectivity index (χ1) is 9.11. The fourth-order valence-corrected chi connectivity index (χ4v) is 2.88. The molecule has 1 aliphatic heterocycles. The van der Waals surface area contributed by atoms with Crippen molar-refractivity contribution in [3.8, 4) is 11.4 Å². The predicted molar refractivity (Wildman–Crippen MR) is 72.6 cm³/mol. The Morgan fingerprint density at radius 1 is 1.32 bits per heavy atom. The van der Waals surface area contributed by atoms with Gasteiger partial charge < -0.3 is 10.3 Å². The van der Waals surface area contributed by atoms with Gasteiger partial charge in [-0.15, -0.1) is 10.2 Å². The highest BCUT2D eigenvalue weighted by Crippen LogP contribution is 2.29. The van der Waals surface area contributed by atoms with Gasteiger partial charge in [-0.25, -0.2) is 0 Å². The summed E-state index contributed by atoms with van der Waals surface area (Å²) < 4.78 is 4.13. The lowest BCUT2D eigenvalue weighted by atomic mass is 9.98. The average molecular weight is 260 g/mol. The average Bonchev–Trinajstić information content (AvgIpc) is 2.91. The molecule has 0 spiro atoms. The predicted octanol–water partition coefficient (Wildman–Crippen LogP) is 0.817. The van der Waals surface area contributed by atoms with Gasteiger partial charge in [-0.05, 0) is 32.7 Å². The molecule has 6 heteroatoms. The molecule has 0 saturated heterocycles. The number of nitrogens with zero attached hydrogens (tertiary/aromatic N) is 5. The quantitative estimate of drug-likeness (QED) is 0.867. The Hall–Kier alpha value is -1.69. The van der Waals surface area contributed by atoms with Gasteiger partial charge >= 0.3 is 0 Å². The number of nitrogens with two attached hydrogens (primary N) is 1. The molecule has 2 aromatic rings. The summed E-state index contributed by atoms with van der Waals surface area (Å²) in [6.07, 6.45) is 2.04. The zero-order chi connectivity index (χ0) is 13.6. The molecule has 3 heterocycles. The molecule has 6 nitrogen and oxygen atoms in total. The number of rotatable bonds is 2. The van der Waals surface area contributed by atoms with E-state index in [1.54, 1.807) is 0 Å². The number of fused-ring (bicyclic) bond motifs is 1. The summed E-state index contributed by atoms with van der Waals surface area (Å²) in [5.41, 5.74) is 9.02.